The van der Waals surface area contributed by atoms with Gasteiger partial charge in [-0.15, -0.1) is 0 Å². The van der Waals surface area contributed by atoms with Crippen LogP contribution >= 0.6 is 11.6 Å². The average molecular weight is 344 g/mol. The largest absolute Gasteiger partial charge is 0.480 e. The van der Waals surface area contributed by atoms with Crippen molar-refractivity contribution in [3.63, 3.8) is 0 Å². The van der Waals surface area contributed by atoms with Crippen molar-refractivity contribution in [3.05, 3.63) is 71.5 Å². The first-order valence-corrected chi connectivity index (χ1v) is 7.83. The third-order valence-corrected chi connectivity index (χ3v) is 3.92. The van der Waals surface area contributed by atoms with Gasteiger partial charge in [-0.05, 0) is 36.6 Å². The van der Waals surface area contributed by atoms with Crippen LogP contribution in [0.2, 0.25) is 5.02 Å². The third-order valence-electron chi connectivity index (χ3n) is 3.61. The van der Waals surface area contributed by atoms with Crippen LogP contribution in [-0.4, -0.2) is 12.0 Å². The number of nitrogens with one attached hydrogen (secondary N) is 1. The van der Waals surface area contributed by atoms with E-state index in [-0.39, 0.29) is 10.9 Å². The van der Waals surface area contributed by atoms with Crippen LogP contribution in [0.25, 0.3) is 10.8 Å². The highest BCUT2D eigenvalue weighted by Gasteiger charge is 2.17. The number of ether oxygens (including phenoxy) is 1. The van der Waals surface area contributed by atoms with Gasteiger partial charge in [-0.2, -0.15) is 0 Å². The van der Waals surface area contributed by atoms with Gasteiger partial charge in [-0.25, -0.2) is 4.39 Å². The molecule has 0 aliphatic rings. The fraction of sp³-hybridized carbons (Fsp3) is 0.105. The van der Waals surface area contributed by atoms with Crippen LogP contribution in [0.4, 0.5) is 10.1 Å². The number of hydrogen-bond acceptors (Lipinski definition) is 2. The summed E-state index contributed by atoms with van der Waals surface area (Å²) >= 11 is 5.92. The second-order valence-electron chi connectivity index (χ2n) is 5.35. The second-order valence-corrected chi connectivity index (χ2v) is 5.76. The van der Waals surface area contributed by atoms with Crippen molar-refractivity contribution in [1.82, 2.24) is 0 Å². The minimum absolute atomic E-state index is 0.140. The summed E-state index contributed by atoms with van der Waals surface area (Å²) < 4.78 is 18.9. The molecule has 3 rings (SSSR count). The van der Waals surface area contributed by atoms with Crippen LogP contribution in [0.3, 0.4) is 0 Å². The van der Waals surface area contributed by atoms with Crippen LogP contribution in [0, 0.1) is 5.82 Å². The van der Waals surface area contributed by atoms with Crippen molar-refractivity contribution in [2.45, 2.75) is 13.0 Å². The van der Waals surface area contributed by atoms with E-state index in [2.05, 4.69) is 5.32 Å². The Bertz CT molecular complexity index is 892. The molecule has 1 amide bonds. The van der Waals surface area contributed by atoms with Gasteiger partial charge in [0.25, 0.3) is 5.91 Å². The highest BCUT2D eigenvalue weighted by Crippen LogP contribution is 2.27. The topological polar surface area (TPSA) is 38.3 Å². The molecule has 0 spiro atoms. The maximum absolute atomic E-state index is 13.1. The van der Waals surface area contributed by atoms with Crippen molar-refractivity contribution >= 4 is 34.0 Å². The van der Waals surface area contributed by atoms with Crippen LogP contribution in [0.1, 0.15) is 6.92 Å². The summed E-state index contributed by atoms with van der Waals surface area (Å²) in [6, 6.07) is 17.2. The van der Waals surface area contributed by atoms with Gasteiger partial charge < -0.3 is 10.1 Å². The molecule has 1 unspecified atom stereocenters. The summed E-state index contributed by atoms with van der Waals surface area (Å²) in [6.45, 7) is 1.65. The lowest BCUT2D eigenvalue weighted by Crippen LogP contribution is -2.30. The number of benzene rings is 3. The lowest BCUT2D eigenvalue weighted by atomic mass is 10.1. The Morgan fingerprint density at radius 2 is 1.88 bits per heavy atom. The predicted molar refractivity (Wildman–Crippen MR) is 94.1 cm³/mol. The molecule has 0 saturated heterocycles. The van der Waals surface area contributed by atoms with E-state index in [1.54, 1.807) is 6.92 Å². The van der Waals surface area contributed by atoms with Crippen LogP contribution in [0.15, 0.2) is 60.7 Å². The highest BCUT2D eigenvalue weighted by atomic mass is 35.5. The van der Waals surface area contributed by atoms with Crippen molar-refractivity contribution in [2.75, 3.05) is 5.32 Å². The molecule has 122 valence electrons. The SMILES string of the molecule is CC(Oc1cccc2ccccc12)C(=O)Nc1ccc(F)cc1Cl. The summed E-state index contributed by atoms with van der Waals surface area (Å²) in [5.74, 6) is -0.199. The average Bonchev–Trinajstić information content (AvgIpc) is 2.57. The van der Waals surface area contributed by atoms with Crippen LogP contribution < -0.4 is 10.1 Å². The molecule has 3 aromatic rings. The summed E-state index contributed by atoms with van der Waals surface area (Å²) in [7, 11) is 0. The van der Waals surface area contributed by atoms with E-state index < -0.39 is 11.9 Å². The van der Waals surface area contributed by atoms with Gasteiger partial charge in [0.2, 0.25) is 0 Å². The van der Waals surface area contributed by atoms with Crippen molar-refractivity contribution in [1.29, 1.82) is 0 Å². The van der Waals surface area contributed by atoms with E-state index in [0.717, 1.165) is 16.8 Å². The third kappa shape index (κ3) is 3.49. The summed E-state index contributed by atoms with van der Waals surface area (Å²) in [6.07, 6.45) is -0.739. The molecule has 0 aliphatic carbocycles. The molecule has 0 fully saturated rings. The monoisotopic (exact) mass is 343 g/mol. The zero-order chi connectivity index (χ0) is 17.1. The first-order chi connectivity index (χ1) is 11.5. The molecule has 5 heteroatoms. The summed E-state index contributed by atoms with van der Waals surface area (Å²) in [5, 5.41) is 4.74. The number of fused-ring (bicyclic) bond motifs is 1. The zero-order valence-electron chi connectivity index (χ0n) is 12.9. The Balaban J connectivity index is 1.76. The standard InChI is InChI=1S/C19H15ClFNO2/c1-12(19(23)22-17-10-9-14(21)11-16(17)20)24-18-8-4-6-13-5-2-3-7-15(13)18/h2-12H,1H3,(H,22,23). The first-order valence-electron chi connectivity index (χ1n) is 7.45. The van der Waals surface area contributed by atoms with E-state index in [4.69, 9.17) is 16.3 Å². The molecular weight excluding hydrogens is 329 g/mol. The predicted octanol–water partition coefficient (Wildman–Crippen LogP) is 5.04. The Morgan fingerprint density at radius 3 is 2.67 bits per heavy atom. The van der Waals surface area contributed by atoms with Gasteiger partial charge in [-0.3, -0.25) is 4.79 Å². The van der Waals surface area contributed by atoms with Gasteiger partial charge in [0.05, 0.1) is 10.7 Å². The molecule has 0 heterocycles. The zero-order valence-corrected chi connectivity index (χ0v) is 13.7. The number of amides is 1. The van der Waals surface area contributed by atoms with Crippen molar-refractivity contribution in [3.8, 4) is 5.75 Å². The van der Waals surface area contributed by atoms with Crippen LogP contribution in [-0.2, 0) is 4.79 Å². The number of halogens is 2. The van der Waals surface area contributed by atoms with E-state index in [0.29, 0.717) is 11.4 Å². The number of rotatable bonds is 4. The maximum atomic E-state index is 13.1. The Hall–Kier alpha value is -2.59. The molecule has 3 nitrogen and oxygen atoms in total. The van der Waals surface area contributed by atoms with Gasteiger partial charge in [0.1, 0.15) is 11.6 Å². The molecule has 1 atom stereocenters. The summed E-state index contributed by atoms with van der Waals surface area (Å²) in [5.41, 5.74) is 0.344. The molecule has 3 aromatic carbocycles. The van der Waals surface area contributed by atoms with Crippen LogP contribution in [0.5, 0.6) is 5.75 Å². The van der Waals surface area contributed by atoms with Gasteiger partial charge in [0.15, 0.2) is 6.10 Å². The summed E-state index contributed by atoms with van der Waals surface area (Å²) in [4.78, 5) is 12.3. The normalized spacial score (nSPS) is 12.0. The molecular formula is C19H15ClFNO2. The molecule has 0 aliphatic heterocycles. The van der Waals surface area contributed by atoms with Gasteiger partial charge in [-0.1, -0.05) is 48.0 Å². The number of anilines is 1. The Kier molecular flexibility index (Phi) is 4.67. The number of carbonyl (C=O) groups excluding carboxylic acids is 1. The fourth-order valence-electron chi connectivity index (χ4n) is 2.37. The smallest absolute Gasteiger partial charge is 0.265 e. The molecule has 0 bridgehead atoms. The second kappa shape index (κ2) is 6.89. The van der Waals surface area contributed by atoms with Crippen molar-refractivity contribution in [2.24, 2.45) is 0 Å². The molecule has 0 radical (unpaired) electrons. The Labute approximate surface area is 144 Å². The fourth-order valence-corrected chi connectivity index (χ4v) is 2.58. The van der Waals surface area contributed by atoms with E-state index in [9.17, 15) is 9.18 Å². The lowest BCUT2D eigenvalue weighted by molar-refractivity contribution is -0.122. The van der Waals surface area contributed by atoms with E-state index >= 15 is 0 Å². The van der Waals surface area contributed by atoms with E-state index in [1.165, 1.54) is 12.1 Å². The lowest BCUT2D eigenvalue weighted by Gasteiger charge is -2.16. The molecule has 0 saturated carbocycles. The highest BCUT2D eigenvalue weighted by molar-refractivity contribution is 6.33. The minimum Gasteiger partial charge on any atom is -0.480 e. The number of carbonyl (C=O) groups is 1. The minimum atomic E-state index is -0.739. The number of hydrogen-bond donors (Lipinski definition) is 1. The molecule has 1 N–H and O–H groups in total. The quantitative estimate of drug-likeness (QED) is 0.720. The van der Waals surface area contributed by atoms with Gasteiger partial charge >= 0.3 is 0 Å². The van der Waals surface area contributed by atoms with Crippen molar-refractivity contribution < 1.29 is 13.9 Å². The Morgan fingerprint density at radius 1 is 1.12 bits per heavy atom. The molecule has 0 aromatic heterocycles. The molecule has 24 heavy (non-hydrogen) atoms. The maximum Gasteiger partial charge on any atom is 0.265 e. The van der Waals surface area contributed by atoms with Gasteiger partial charge in [0, 0.05) is 5.39 Å². The van der Waals surface area contributed by atoms with E-state index in [1.807, 2.05) is 42.5 Å². The first kappa shape index (κ1) is 16.3.